The van der Waals surface area contributed by atoms with Crippen LogP contribution in [0.3, 0.4) is 0 Å². The predicted octanol–water partition coefficient (Wildman–Crippen LogP) is 0.410. The van der Waals surface area contributed by atoms with E-state index < -0.39 is 24.7 Å². The van der Waals surface area contributed by atoms with Gasteiger partial charge in [0, 0.05) is 6.42 Å². The molecule has 0 spiro atoms. The van der Waals surface area contributed by atoms with E-state index in [-0.39, 0.29) is 5.82 Å². The molecular weight excluding hydrogens is 253 g/mol. The van der Waals surface area contributed by atoms with Crippen molar-refractivity contribution in [3.63, 3.8) is 0 Å². The molecule has 1 aromatic rings. The number of aromatic nitrogens is 3. The fraction of sp³-hybridized carbons (Fsp3) is 0.667. The van der Waals surface area contributed by atoms with Crippen LogP contribution in [0.25, 0.3) is 0 Å². The number of alkyl halides is 3. The Kier molecular flexibility index (Phi) is 4.65. The lowest BCUT2D eigenvalue weighted by Gasteiger charge is -2.14. The van der Waals surface area contributed by atoms with Crippen LogP contribution < -0.4 is 5.32 Å². The molecule has 6 nitrogen and oxygen atoms in total. The third-order valence-corrected chi connectivity index (χ3v) is 2.06. The van der Waals surface area contributed by atoms with Crippen molar-refractivity contribution in [1.82, 2.24) is 20.5 Å². The summed E-state index contributed by atoms with van der Waals surface area (Å²) in [5.41, 5.74) is 0. The molecule has 18 heavy (non-hydrogen) atoms. The summed E-state index contributed by atoms with van der Waals surface area (Å²) in [5.74, 6) is -0.622. The summed E-state index contributed by atoms with van der Waals surface area (Å²) in [6.45, 7) is 0.974. The second-order valence-corrected chi connectivity index (χ2v) is 3.62. The summed E-state index contributed by atoms with van der Waals surface area (Å²) in [7, 11) is 0. The number of aryl methyl sites for hydroxylation is 1. The average molecular weight is 266 g/mol. The molecule has 1 unspecified atom stereocenters. The number of rotatable bonds is 5. The van der Waals surface area contributed by atoms with Crippen molar-refractivity contribution in [2.45, 2.75) is 32.0 Å². The minimum Gasteiger partial charge on any atom is -0.382 e. The number of H-pyrrole nitrogens is 1. The molecule has 9 heteroatoms. The van der Waals surface area contributed by atoms with Crippen molar-refractivity contribution in [1.29, 1.82) is 0 Å². The molecule has 1 aromatic heterocycles. The highest BCUT2D eigenvalue weighted by molar-refractivity contribution is 5.90. The zero-order chi connectivity index (χ0) is 13.8. The van der Waals surface area contributed by atoms with Crippen LogP contribution in [0, 0.1) is 0 Å². The van der Waals surface area contributed by atoms with E-state index in [9.17, 15) is 18.0 Å². The minimum absolute atomic E-state index is 0.243. The number of hydrogen-bond donors (Lipinski definition) is 3. The Balaban J connectivity index is 2.50. The first kappa shape index (κ1) is 14.4. The fourth-order valence-electron chi connectivity index (χ4n) is 1.13. The fourth-order valence-corrected chi connectivity index (χ4v) is 1.13. The van der Waals surface area contributed by atoms with Crippen molar-refractivity contribution < 1.29 is 23.1 Å². The van der Waals surface area contributed by atoms with Gasteiger partial charge in [0.1, 0.15) is 5.82 Å². The third kappa shape index (κ3) is 3.99. The molecule has 0 bridgehead atoms. The SMILES string of the molecule is CCCc1nc(C(=O)NCC(O)C(F)(F)F)n[nH]1. The number of nitrogens with zero attached hydrogens (tertiary/aromatic N) is 2. The lowest BCUT2D eigenvalue weighted by Crippen LogP contribution is -2.41. The summed E-state index contributed by atoms with van der Waals surface area (Å²) in [4.78, 5) is 15.2. The van der Waals surface area contributed by atoms with Crippen LogP contribution in [0.15, 0.2) is 0 Å². The molecule has 0 fully saturated rings. The summed E-state index contributed by atoms with van der Waals surface area (Å²) < 4.78 is 35.9. The van der Waals surface area contributed by atoms with Crippen LogP contribution in [-0.4, -0.2) is 45.0 Å². The van der Waals surface area contributed by atoms with Crippen LogP contribution in [0.2, 0.25) is 0 Å². The van der Waals surface area contributed by atoms with E-state index in [1.54, 1.807) is 0 Å². The number of carbonyl (C=O) groups is 1. The number of hydrogen-bond acceptors (Lipinski definition) is 4. The highest BCUT2D eigenvalue weighted by Gasteiger charge is 2.38. The molecule has 1 rings (SSSR count). The van der Waals surface area contributed by atoms with Gasteiger partial charge in [0.05, 0.1) is 6.54 Å². The average Bonchev–Trinajstić information content (AvgIpc) is 2.73. The maximum Gasteiger partial charge on any atom is 0.416 e. The number of aromatic amines is 1. The second kappa shape index (κ2) is 5.80. The molecule has 3 N–H and O–H groups in total. The first-order valence-electron chi connectivity index (χ1n) is 5.28. The molecule has 0 aliphatic carbocycles. The lowest BCUT2D eigenvalue weighted by molar-refractivity contribution is -0.201. The van der Waals surface area contributed by atoms with Crippen molar-refractivity contribution in [3.05, 3.63) is 11.6 Å². The van der Waals surface area contributed by atoms with Crippen LogP contribution >= 0.6 is 0 Å². The van der Waals surface area contributed by atoms with Gasteiger partial charge in [-0.1, -0.05) is 6.92 Å². The van der Waals surface area contributed by atoms with E-state index in [1.807, 2.05) is 12.2 Å². The highest BCUT2D eigenvalue weighted by atomic mass is 19.4. The molecule has 0 saturated heterocycles. The first-order valence-corrected chi connectivity index (χ1v) is 5.28. The molecule has 0 aromatic carbocycles. The Labute approximate surface area is 101 Å². The zero-order valence-corrected chi connectivity index (χ0v) is 9.58. The number of nitrogens with one attached hydrogen (secondary N) is 2. The predicted molar refractivity (Wildman–Crippen MR) is 54.8 cm³/mol. The van der Waals surface area contributed by atoms with Gasteiger partial charge < -0.3 is 10.4 Å². The standard InChI is InChI=1S/C9H13F3N4O2/c1-2-3-6-14-7(16-15-6)8(18)13-4-5(17)9(10,11)12/h5,17H,2-4H2,1H3,(H,13,18)(H,14,15,16). The van der Waals surface area contributed by atoms with E-state index in [1.165, 1.54) is 0 Å². The van der Waals surface area contributed by atoms with Crippen LogP contribution in [0.5, 0.6) is 0 Å². The van der Waals surface area contributed by atoms with E-state index in [2.05, 4.69) is 15.2 Å². The van der Waals surface area contributed by atoms with Crippen molar-refractivity contribution in [2.24, 2.45) is 0 Å². The van der Waals surface area contributed by atoms with Crippen LogP contribution in [0.1, 0.15) is 29.8 Å². The van der Waals surface area contributed by atoms with Crippen molar-refractivity contribution >= 4 is 5.91 Å². The summed E-state index contributed by atoms with van der Waals surface area (Å²) in [5, 5.41) is 16.7. The molecule has 0 saturated carbocycles. The van der Waals surface area contributed by atoms with Gasteiger partial charge in [-0.15, -0.1) is 5.10 Å². The topological polar surface area (TPSA) is 90.9 Å². The Morgan fingerprint density at radius 1 is 1.56 bits per heavy atom. The van der Waals surface area contributed by atoms with Gasteiger partial charge in [-0.3, -0.25) is 9.89 Å². The molecule has 0 aliphatic rings. The Hall–Kier alpha value is -1.64. The van der Waals surface area contributed by atoms with E-state index in [0.29, 0.717) is 12.2 Å². The summed E-state index contributed by atoms with van der Waals surface area (Å²) >= 11 is 0. The number of aliphatic hydroxyl groups is 1. The van der Waals surface area contributed by atoms with Gasteiger partial charge in [-0.05, 0) is 6.42 Å². The molecule has 1 heterocycles. The number of halogens is 3. The highest BCUT2D eigenvalue weighted by Crippen LogP contribution is 2.19. The smallest absolute Gasteiger partial charge is 0.382 e. The van der Waals surface area contributed by atoms with E-state index in [4.69, 9.17) is 5.11 Å². The quantitative estimate of drug-likeness (QED) is 0.720. The number of amides is 1. The Morgan fingerprint density at radius 3 is 2.78 bits per heavy atom. The molecular formula is C9H13F3N4O2. The molecule has 0 radical (unpaired) electrons. The molecule has 102 valence electrons. The molecule has 1 atom stereocenters. The maximum absolute atomic E-state index is 12.0. The number of aliphatic hydroxyl groups excluding tert-OH is 1. The van der Waals surface area contributed by atoms with E-state index in [0.717, 1.165) is 6.42 Å². The summed E-state index contributed by atoms with van der Waals surface area (Å²) in [6, 6.07) is 0. The molecule has 0 aliphatic heterocycles. The number of carbonyl (C=O) groups excluding carboxylic acids is 1. The van der Waals surface area contributed by atoms with Crippen LogP contribution in [-0.2, 0) is 6.42 Å². The Bertz CT molecular complexity index is 405. The normalized spacial score (nSPS) is 13.4. The largest absolute Gasteiger partial charge is 0.416 e. The third-order valence-electron chi connectivity index (χ3n) is 2.06. The van der Waals surface area contributed by atoms with Crippen LogP contribution in [0.4, 0.5) is 13.2 Å². The van der Waals surface area contributed by atoms with Gasteiger partial charge in [0.15, 0.2) is 6.10 Å². The van der Waals surface area contributed by atoms with Gasteiger partial charge in [0.2, 0.25) is 5.82 Å². The van der Waals surface area contributed by atoms with Gasteiger partial charge in [0.25, 0.3) is 5.91 Å². The first-order chi connectivity index (χ1) is 8.34. The Morgan fingerprint density at radius 2 is 2.22 bits per heavy atom. The zero-order valence-electron chi connectivity index (χ0n) is 9.58. The van der Waals surface area contributed by atoms with Crippen molar-refractivity contribution in [3.8, 4) is 0 Å². The van der Waals surface area contributed by atoms with Gasteiger partial charge in [-0.2, -0.15) is 13.2 Å². The monoisotopic (exact) mass is 266 g/mol. The van der Waals surface area contributed by atoms with Gasteiger partial charge in [-0.25, -0.2) is 4.98 Å². The lowest BCUT2D eigenvalue weighted by atomic mass is 10.3. The summed E-state index contributed by atoms with van der Waals surface area (Å²) in [6.07, 6.45) is -5.98. The molecule has 1 amide bonds. The van der Waals surface area contributed by atoms with E-state index >= 15 is 0 Å². The maximum atomic E-state index is 12.0. The second-order valence-electron chi connectivity index (χ2n) is 3.62. The van der Waals surface area contributed by atoms with Crippen molar-refractivity contribution in [2.75, 3.05) is 6.54 Å². The minimum atomic E-state index is -4.76. The van der Waals surface area contributed by atoms with Gasteiger partial charge >= 0.3 is 6.18 Å².